The number of hydrogen-bond acceptors (Lipinski definition) is 5. The Morgan fingerprint density at radius 2 is 1.80 bits per heavy atom. The van der Waals surface area contributed by atoms with Crippen molar-refractivity contribution in [1.29, 1.82) is 0 Å². The lowest BCUT2D eigenvalue weighted by molar-refractivity contribution is -0.141. The molecule has 0 aliphatic carbocycles. The van der Waals surface area contributed by atoms with Gasteiger partial charge in [-0.2, -0.15) is 18.3 Å². The standard InChI is InChI=1S/C29H29F3N6O3/c1-4-6-8-20(5-2)28(41)37-13-11-36(12-14-37)26(39)18-38-17-21-16-23(19(3)15-24(21)35-38)34-27(40)22-9-7-10-25(33-22)29(30,31)32/h4-10,15-17H,2,11-14,18H2,1,3H3,(H,34,40)/b6-4-,20-8+. The topological polar surface area (TPSA) is 100 Å². The van der Waals surface area contributed by atoms with Crippen molar-refractivity contribution < 1.29 is 27.6 Å². The molecular weight excluding hydrogens is 537 g/mol. The molecule has 1 saturated heterocycles. The number of aromatic nitrogens is 3. The quantitative estimate of drug-likeness (QED) is 0.338. The van der Waals surface area contributed by atoms with Crippen LogP contribution in [-0.2, 0) is 22.3 Å². The number of hydrogen-bond donors (Lipinski definition) is 1. The molecule has 3 aromatic rings. The van der Waals surface area contributed by atoms with Gasteiger partial charge in [-0.3, -0.25) is 19.1 Å². The maximum absolute atomic E-state index is 13.0. The third-order valence-electron chi connectivity index (χ3n) is 6.57. The first-order valence-corrected chi connectivity index (χ1v) is 12.9. The zero-order valence-corrected chi connectivity index (χ0v) is 22.6. The van der Waals surface area contributed by atoms with Gasteiger partial charge in [-0.1, -0.05) is 30.9 Å². The number of fused-ring (bicyclic) bond motifs is 1. The summed E-state index contributed by atoms with van der Waals surface area (Å²) in [6.45, 7) is 8.84. The number of alkyl halides is 3. The molecule has 12 heteroatoms. The molecule has 9 nitrogen and oxygen atoms in total. The van der Waals surface area contributed by atoms with Gasteiger partial charge in [0.15, 0.2) is 0 Å². The Morgan fingerprint density at radius 1 is 1.10 bits per heavy atom. The fourth-order valence-corrected chi connectivity index (χ4v) is 4.35. The van der Waals surface area contributed by atoms with E-state index in [2.05, 4.69) is 22.0 Å². The van der Waals surface area contributed by atoms with Crippen LogP contribution in [-0.4, -0.2) is 68.5 Å². The van der Waals surface area contributed by atoms with Gasteiger partial charge in [0.05, 0.1) is 5.52 Å². The number of piperazine rings is 1. The molecule has 0 radical (unpaired) electrons. The fourth-order valence-electron chi connectivity index (χ4n) is 4.35. The lowest BCUT2D eigenvalue weighted by Crippen LogP contribution is -2.51. The Morgan fingerprint density at radius 3 is 2.46 bits per heavy atom. The number of anilines is 1. The number of nitrogens with one attached hydrogen (secondary N) is 1. The lowest BCUT2D eigenvalue weighted by Gasteiger charge is -2.35. The second-order valence-electron chi connectivity index (χ2n) is 9.44. The third-order valence-corrected chi connectivity index (χ3v) is 6.57. The molecule has 1 aliphatic rings. The number of pyridine rings is 1. The van der Waals surface area contributed by atoms with Gasteiger partial charge in [-0.25, -0.2) is 4.98 Å². The van der Waals surface area contributed by atoms with Crippen molar-refractivity contribution in [1.82, 2.24) is 24.6 Å². The largest absolute Gasteiger partial charge is 0.433 e. The van der Waals surface area contributed by atoms with Crippen LogP contribution in [0.2, 0.25) is 0 Å². The molecule has 0 bridgehead atoms. The normalized spacial score (nSPS) is 14.5. The number of halogens is 3. The van der Waals surface area contributed by atoms with Crippen LogP contribution in [0, 0.1) is 6.92 Å². The summed E-state index contributed by atoms with van der Waals surface area (Å²) >= 11 is 0. The molecule has 2 aromatic heterocycles. The summed E-state index contributed by atoms with van der Waals surface area (Å²) in [7, 11) is 0. The molecule has 3 amide bonds. The first-order chi connectivity index (χ1) is 19.5. The molecule has 41 heavy (non-hydrogen) atoms. The van der Waals surface area contributed by atoms with E-state index in [4.69, 9.17) is 0 Å². The predicted octanol–water partition coefficient (Wildman–Crippen LogP) is 4.37. The molecule has 0 spiro atoms. The van der Waals surface area contributed by atoms with E-state index in [0.29, 0.717) is 53.9 Å². The zero-order valence-electron chi connectivity index (χ0n) is 22.6. The first kappa shape index (κ1) is 29.2. The van der Waals surface area contributed by atoms with Crippen LogP contribution < -0.4 is 5.32 Å². The van der Waals surface area contributed by atoms with Crippen molar-refractivity contribution in [2.45, 2.75) is 26.6 Å². The number of rotatable bonds is 7. The first-order valence-electron chi connectivity index (χ1n) is 12.9. The summed E-state index contributed by atoms with van der Waals surface area (Å²) in [6, 6.07) is 6.49. The lowest BCUT2D eigenvalue weighted by atomic mass is 10.1. The van der Waals surface area contributed by atoms with E-state index >= 15 is 0 Å². The van der Waals surface area contributed by atoms with Crippen LogP contribution in [0.3, 0.4) is 0 Å². The zero-order chi connectivity index (χ0) is 29.7. The minimum absolute atomic E-state index is 0.0172. The number of carbonyl (C=O) groups excluding carboxylic acids is 3. The fraction of sp³-hybridized carbons (Fsp3) is 0.276. The van der Waals surface area contributed by atoms with Crippen LogP contribution >= 0.6 is 0 Å². The van der Waals surface area contributed by atoms with Crippen molar-refractivity contribution >= 4 is 34.3 Å². The summed E-state index contributed by atoms with van der Waals surface area (Å²) in [5.41, 5.74) is 0.582. The van der Waals surface area contributed by atoms with E-state index in [1.54, 1.807) is 47.2 Å². The average molecular weight is 567 g/mol. The van der Waals surface area contributed by atoms with Crippen molar-refractivity contribution in [2.75, 3.05) is 31.5 Å². The number of nitrogens with zero attached hydrogens (tertiary/aromatic N) is 5. The molecular formula is C29H29F3N6O3. The number of carbonyl (C=O) groups is 3. The predicted molar refractivity (Wildman–Crippen MR) is 148 cm³/mol. The van der Waals surface area contributed by atoms with Crippen molar-refractivity contribution in [3.05, 3.63) is 89.9 Å². The smallest absolute Gasteiger partial charge is 0.338 e. The summed E-state index contributed by atoms with van der Waals surface area (Å²) in [4.78, 5) is 45.1. The Balaban J connectivity index is 1.40. The van der Waals surface area contributed by atoms with Gasteiger partial charge in [0.2, 0.25) is 5.91 Å². The molecule has 1 N–H and O–H groups in total. The Hall–Kier alpha value is -4.74. The molecule has 1 aromatic carbocycles. The van der Waals surface area contributed by atoms with Crippen molar-refractivity contribution in [2.24, 2.45) is 0 Å². The number of benzene rings is 1. The minimum atomic E-state index is -4.67. The van der Waals surface area contributed by atoms with Crippen LogP contribution in [0.4, 0.5) is 18.9 Å². The van der Waals surface area contributed by atoms with Gasteiger partial charge in [0.1, 0.15) is 17.9 Å². The summed E-state index contributed by atoms with van der Waals surface area (Å²) < 4.78 is 40.5. The highest BCUT2D eigenvalue weighted by Crippen LogP contribution is 2.28. The summed E-state index contributed by atoms with van der Waals surface area (Å²) in [6.07, 6.45) is 3.81. The highest BCUT2D eigenvalue weighted by Gasteiger charge is 2.33. The van der Waals surface area contributed by atoms with E-state index in [1.165, 1.54) is 16.8 Å². The van der Waals surface area contributed by atoms with Crippen LogP contribution in [0.15, 0.2) is 73.0 Å². The SMILES string of the molecule is C=C/C(=C\C=C/C)C(=O)N1CCN(C(=O)Cn2cc3cc(NC(=O)c4cccc(C(F)(F)F)n4)c(C)cc3n2)CC1. The van der Waals surface area contributed by atoms with Crippen LogP contribution in [0.25, 0.3) is 10.9 Å². The number of amides is 3. The van der Waals surface area contributed by atoms with Gasteiger partial charge < -0.3 is 15.1 Å². The monoisotopic (exact) mass is 566 g/mol. The van der Waals surface area contributed by atoms with Gasteiger partial charge >= 0.3 is 6.18 Å². The van der Waals surface area contributed by atoms with E-state index in [9.17, 15) is 27.6 Å². The number of allylic oxidation sites excluding steroid dienone is 3. The van der Waals surface area contributed by atoms with Gasteiger partial charge in [0.25, 0.3) is 11.8 Å². The molecule has 1 aliphatic heterocycles. The second kappa shape index (κ2) is 12.2. The molecule has 214 valence electrons. The van der Waals surface area contributed by atoms with Gasteiger partial charge in [-0.15, -0.1) is 0 Å². The van der Waals surface area contributed by atoms with E-state index < -0.39 is 17.8 Å². The van der Waals surface area contributed by atoms with E-state index in [0.717, 1.165) is 12.1 Å². The Kier molecular flexibility index (Phi) is 8.70. The Labute approximate surface area is 234 Å². The Bertz CT molecular complexity index is 1550. The average Bonchev–Trinajstić information content (AvgIpc) is 3.33. The molecule has 1 fully saturated rings. The number of aryl methyl sites for hydroxylation is 1. The maximum atomic E-state index is 13.0. The van der Waals surface area contributed by atoms with Gasteiger partial charge in [-0.05, 0) is 49.8 Å². The molecule has 0 unspecified atom stereocenters. The van der Waals surface area contributed by atoms with E-state index in [1.807, 2.05) is 13.0 Å². The van der Waals surface area contributed by atoms with E-state index in [-0.39, 0.29) is 24.1 Å². The minimum Gasteiger partial charge on any atom is -0.338 e. The maximum Gasteiger partial charge on any atom is 0.433 e. The third kappa shape index (κ3) is 6.89. The molecule has 0 saturated carbocycles. The van der Waals surface area contributed by atoms with Crippen LogP contribution in [0.1, 0.15) is 28.7 Å². The summed E-state index contributed by atoms with van der Waals surface area (Å²) in [5.74, 6) is -1.07. The van der Waals surface area contributed by atoms with Crippen molar-refractivity contribution in [3.8, 4) is 0 Å². The van der Waals surface area contributed by atoms with Crippen molar-refractivity contribution in [3.63, 3.8) is 0 Å². The highest BCUT2D eigenvalue weighted by molar-refractivity contribution is 6.04. The molecule has 4 rings (SSSR count). The van der Waals surface area contributed by atoms with Gasteiger partial charge in [0, 0.05) is 49.0 Å². The summed E-state index contributed by atoms with van der Waals surface area (Å²) in [5, 5.41) is 7.70. The second-order valence-corrected chi connectivity index (χ2v) is 9.44. The molecule has 3 heterocycles. The molecule has 0 atom stereocenters. The highest BCUT2D eigenvalue weighted by atomic mass is 19.4. The van der Waals surface area contributed by atoms with Crippen LogP contribution in [0.5, 0.6) is 0 Å².